The third kappa shape index (κ3) is 5.41. The lowest BCUT2D eigenvalue weighted by molar-refractivity contribution is -0.137. The number of likely N-dealkylation sites (tertiary alicyclic amines) is 1. The molecule has 1 amide bonds. The predicted molar refractivity (Wildman–Crippen MR) is 123 cm³/mol. The van der Waals surface area contributed by atoms with Crippen LogP contribution in [0, 0.1) is 18.7 Å². The number of aromatic nitrogens is 3. The molecule has 3 heterocycles. The number of carbonyl (C=O) groups is 1. The lowest BCUT2D eigenvalue weighted by Crippen LogP contribution is -2.51. The first-order chi connectivity index (χ1) is 16.6. The Hall–Kier alpha value is -3.56. The van der Waals surface area contributed by atoms with Crippen LogP contribution in [0.3, 0.4) is 0 Å². The van der Waals surface area contributed by atoms with Crippen molar-refractivity contribution in [2.45, 2.75) is 38.9 Å². The Labute approximate surface area is 200 Å². The molecule has 184 valence electrons. The molecule has 4 rings (SSSR count). The van der Waals surface area contributed by atoms with E-state index in [1.54, 1.807) is 24.0 Å². The average Bonchev–Trinajstić information content (AvgIpc) is 2.82. The number of anilines is 1. The molecule has 0 aliphatic carbocycles. The number of hydrogen-bond donors (Lipinski definition) is 1. The summed E-state index contributed by atoms with van der Waals surface area (Å²) in [4.78, 5) is 27.6. The normalized spacial score (nSPS) is 18.4. The number of amides is 1. The number of carbonyl (C=O) groups excluding carboxylic acids is 1. The van der Waals surface area contributed by atoms with Crippen LogP contribution in [0.25, 0.3) is 11.4 Å². The molecule has 10 heteroatoms. The van der Waals surface area contributed by atoms with Gasteiger partial charge in [0.2, 0.25) is 0 Å². The zero-order valence-corrected chi connectivity index (χ0v) is 19.3. The van der Waals surface area contributed by atoms with Crippen LogP contribution in [0.1, 0.15) is 41.3 Å². The quantitative estimate of drug-likeness (QED) is 0.491. The third-order valence-corrected chi connectivity index (χ3v) is 6.21. The minimum absolute atomic E-state index is 0.0829. The van der Waals surface area contributed by atoms with Crippen LogP contribution in [0.4, 0.5) is 23.4 Å². The van der Waals surface area contributed by atoms with Gasteiger partial charge in [-0.25, -0.2) is 19.3 Å². The van der Waals surface area contributed by atoms with E-state index in [2.05, 4.69) is 20.3 Å². The minimum atomic E-state index is -4.47. The number of nitrogens with one attached hydrogen (secondary N) is 1. The van der Waals surface area contributed by atoms with Crippen molar-refractivity contribution in [1.82, 2.24) is 19.9 Å². The molecule has 0 bridgehead atoms. The van der Waals surface area contributed by atoms with Gasteiger partial charge in [0, 0.05) is 37.2 Å². The van der Waals surface area contributed by atoms with Crippen molar-refractivity contribution >= 4 is 11.7 Å². The van der Waals surface area contributed by atoms with Gasteiger partial charge >= 0.3 is 6.18 Å². The predicted octanol–water partition coefficient (Wildman–Crippen LogP) is 5.36. The maximum absolute atomic E-state index is 15.2. The Morgan fingerprint density at radius 1 is 1.17 bits per heavy atom. The van der Waals surface area contributed by atoms with E-state index in [9.17, 15) is 18.0 Å². The zero-order chi connectivity index (χ0) is 25.2. The molecule has 0 radical (unpaired) electrons. The Bertz CT molecular complexity index is 1180. The van der Waals surface area contributed by atoms with Gasteiger partial charge in [0.15, 0.2) is 5.82 Å². The molecule has 1 saturated heterocycles. The molecule has 2 atom stereocenters. The number of pyridine rings is 1. The Balaban J connectivity index is 1.60. The maximum Gasteiger partial charge on any atom is 0.417 e. The minimum Gasteiger partial charge on any atom is -0.368 e. The van der Waals surface area contributed by atoms with Gasteiger partial charge in [-0.1, -0.05) is 6.92 Å². The second-order valence-corrected chi connectivity index (χ2v) is 8.74. The summed E-state index contributed by atoms with van der Waals surface area (Å²) in [5.41, 5.74) is 0.0347. The number of hydrogen-bond acceptors (Lipinski definition) is 5. The van der Waals surface area contributed by atoms with Gasteiger partial charge in [0.25, 0.3) is 5.91 Å². The van der Waals surface area contributed by atoms with Crippen LogP contribution in [0.2, 0.25) is 0 Å². The second-order valence-electron chi connectivity index (χ2n) is 8.74. The molecule has 1 N–H and O–H groups in total. The number of aryl methyl sites for hydroxylation is 1. The van der Waals surface area contributed by atoms with E-state index < -0.39 is 23.5 Å². The lowest BCUT2D eigenvalue weighted by atomic mass is 9.89. The van der Waals surface area contributed by atoms with Crippen molar-refractivity contribution in [1.29, 1.82) is 0 Å². The summed E-state index contributed by atoms with van der Waals surface area (Å²) in [6.45, 7) is 4.42. The van der Waals surface area contributed by atoms with Crippen molar-refractivity contribution in [2.24, 2.45) is 5.92 Å². The molecule has 2 aromatic heterocycles. The largest absolute Gasteiger partial charge is 0.417 e. The van der Waals surface area contributed by atoms with Gasteiger partial charge < -0.3 is 10.2 Å². The first-order valence-electron chi connectivity index (χ1n) is 11.3. The van der Waals surface area contributed by atoms with Crippen molar-refractivity contribution < 1.29 is 22.4 Å². The van der Waals surface area contributed by atoms with Gasteiger partial charge in [0.1, 0.15) is 11.6 Å². The van der Waals surface area contributed by atoms with E-state index in [1.165, 1.54) is 24.5 Å². The fourth-order valence-electron chi connectivity index (χ4n) is 4.41. The fourth-order valence-corrected chi connectivity index (χ4v) is 4.41. The summed E-state index contributed by atoms with van der Waals surface area (Å²) < 4.78 is 53.6. The molecule has 1 aliphatic heterocycles. The van der Waals surface area contributed by atoms with Crippen molar-refractivity contribution in [3.63, 3.8) is 0 Å². The summed E-state index contributed by atoms with van der Waals surface area (Å²) in [5, 5.41) is 3.04. The topological polar surface area (TPSA) is 71.0 Å². The molecule has 2 unspecified atom stereocenters. The number of halogens is 4. The van der Waals surface area contributed by atoms with Crippen molar-refractivity contribution in [3.05, 3.63) is 71.4 Å². The number of benzene rings is 1. The third-order valence-electron chi connectivity index (χ3n) is 6.21. The summed E-state index contributed by atoms with van der Waals surface area (Å²) >= 11 is 0. The van der Waals surface area contributed by atoms with Crippen LogP contribution in [-0.4, -0.2) is 44.9 Å². The molecule has 3 aromatic rings. The molecule has 0 spiro atoms. The van der Waals surface area contributed by atoms with E-state index in [1.807, 2.05) is 6.92 Å². The second kappa shape index (κ2) is 9.97. The van der Waals surface area contributed by atoms with E-state index in [4.69, 9.17) is 0 Å². The smallest absolute Gasteiger partial charge is 0.368 e. The first kappa shape index (κ1) is 24.6. The van der Waals surface area contributed by atoms with Crippen LogP contribution in [-0.2, 0) is 6.18 Å². The number of nitrogens with zero attached hydrogens (tertiary/aromatic N) is 4. The van der Waals surface area contributed by atoms with Crippen LogP contribution < -0.4 is 5.32 Å². The molecule has 6 nitrogen and oxygen atoms in total. The Kier molecular flexibility index (Phi) is 7.00. The molecule has 0 saturated carbocycles. The fraction of sp³-hybridized carbons (Fsp3) is 0.360. The van der Waals surface area contributed by atoms with Crippen molar-refractivity contribution in [3.8, 4) is 11.4 Å². The molecule has 1 aliphatic rings. The molecule has 1 aromatic carbocycles. The Morgan fingerprint density at radius 3 is 2.57 bits per heavy atom. The summed E-state index contributed by atoms with van der Waals surface area (Å²) in [6, 6.07) is 6.54. The van der Waals surface area contributed by atoms with Gasteiger partial charge in [0.05, 0.1) is 17.2 Å². The SMILES string of the molecule is Cc1cc(F)c(C(=O)N2CCCC(C)C2CNc2ccc(C(F)(F)F)cn2)c(-c2ncccn2)c1. The standard InChI is InChI=1S/C25H25F4N5O/c1-15-11-18(23-30-8-4-9-31-23)22(19(26)12-15)24(35)34-10-3-5-16(2)20(34)14-33-21-7-6-17(13-32-21)25(27,28)29/h4,6-9,11-13,16,20H,3,5,10,14H2,1-2H3,(H,32,33). The van der Waals surface area contributed by atoms with Gasteiger partial charge in [-0.2, -0.15) is 13.2 Å². The van der Waals surface area contributed by atoms with Gasteiger partial charge in [-0.05, 0) is 61.6 Å². The first-order valence-corrected chi connectivity index (χ1v) is 11.3. The highest BCUT2D eigenvalue weighted by molar-refractivity contribution is 6.00. The van der Waals surface area contributed by atoms with E-state index in [-0.39, 0.29) is 35.7 Å². The number of rotatable bonds is 5. The highest BCUT2D eigenvalue weighted by Crippen LogP contribution is 2.31. The molecular weight excluding hydrogens is 462 g/mol. The number of alkyl halides is 3. The summed E-state index contributed by atoms with van der Waals surface area (Å²) in [5.74, 6) is -0.509. The maximum atomic E-state index is 15.2. The summed E-state index contributed by atoms with van der Waals surface area (Å²) in [7, 11) is 0. The van der Waals surface area contributed by atoms with E-state index in [0.29, 0.717) is 17.7 Å². The van der Waals surface area contributed by atoms with Gasteiger partial charge in [-0.15, -0.1) is 0 Å². The monoisotopic (exact) mass is 487 g/mol. The van der Waals surface area contributed by atoms with Crippen LogP contribution in [0.15, 0.2) is 48.9 Å². The van der Waals surface area contributed by atoms with Gasteiger partial charge in [-0.3, -0.25) is 4.79 Å². The molecule has 1 fully saturated rings. The van der Waals surface area contributed by atoms with E-state index >= 15 is 4.39 Å². The van der Waals surface area contributed by atoms with Crippen LogP contribution in [0.5, 0.6) is 0 Å². The number of piperidine rings is 1. The molecular formula is C25H25F4N5O. The zero-order valence-electron chi connectivity index (χ0n) is 19.3. The summed E-state index contributed by atoms with van der Waals surface area (Å²) in [6.07, 6.45) is 0.982. The van der Waals surface area contributed by atoms with Crippen LogP contribution >= 0.6 is 0 Å². The average molecular weight is 488 g/mol. The Morgan fingerprint density at radius 2 is 1.91 bits per heavy atom. The van der Waals surface area contributed by atoms with Crippen molar-refractivity contribution in [2.75, 3.05) is 18.4 Å². The van der Waals surface area contributed by atoms with E-state index in [0.717, 1.165) is 25.1 Å². The highest BCUT2D eigenvalue weighted by Gasteiger charge is 2.35. The highest BCUT2D eigenvalue weighted by atomic mass is 19.4. The lowest BCUT2D eigenvalue weighted by Gasteiger charge is -2.40. The molecule has 35 heavy (non-hydrogen) atoms.